The highest BCUT2D eigenvalue weighted by Crippen LogP contribution is 2.49. The van der Waals surface area contributed by atoms with Gasteiger partial charge in [-0.2, -0.15) is 0 Å². The molecule has 2 aromatic rings. The largest absolute Gasteiger partial charge is 0.481 e. The molecule has 0 spiro atoms. The van der Waals surface area contributed by atoms with Crippen LogP contribution in [0.15, 0.2) is 70.5 Å². The maximum atomic E-state index is 12.1. The van der Waals surface area contributed by atoms with Crippen LogP contribution < -0.4 is 0 Å². The Bertz CT molecular complexity index is 694. The molecule has 0 aliphatic carbocycles. The molecule has 0 atom stereocenters. The second-order valence-electron chi connectivity index (χ2n) is 6.84. The maximum absolute atomic E-state index is 12.1. The van der Waals surface area contributed by atoms with E-state index in [4.69, 9.17) is 5.11 Å². The Hall–Kier alpha value is -1.92. The van der Waals surface area contributed by atoms with Crippen LogP contribution in [0.1, 0.15) is 58.8 Å². The third-order valence-electron chi connectivity index (χ3n) is 4.23. The molecule has 0 bridgehead atoms. The lowest BCUT2D eigenvalue weighted by atomic mass is 10.2. The summed E-state index contributed by atoms with van der Waals surface area (Å²) in [6.45, 7) is 4.15. The zero-order chi connectivity index (χ0) is 22.2. The topological polar surface area (TPSA) is 74.6 Å². The number of thioether (sulfide) groups is 2. The minimum absolute atomic E-state index is 0.327. The van der Waals surface area contributed by atoms with Gasteiger partial charge in [0.25, 0.3) is 0 Å². The molecule has 0 fully saturated rings. The second kappa shape index (κ2) is 15.0. The molecular formula is C24H32O4S2. The van der Waals surface area contributed by atoms with Gasteiger partial charge in [0.05, 0.1) is 0 Å². The van der Waals surface area contributed by atoms with E-state index >= 15 is 0 Å². The van der Waals surface area contributed by atoms with E-state index in [2.05, 4.69) is 13.8 Å². The fourth-order valence-electron chi connectivity index (χ4n) is 2.61. The Labute approximate surface area is 188 Å². The van der Waals surface area contributed by atoms with Crippen molar-refractivity contribution in [3.63, 3.8) is 0 Å². The molecule has 2 aromatic carbocycles. The van der Waals surface area contributed by atoms with Crippen molar-refractivity contribution in [1.82, 2.24) is 0 Å². The predicted octanol–water partition coefficient (Wildman–Crippen LogP) is 7.19. The highest BCUT2D eigenvalue weighted by molar-refractivity contribution is 8.19. The Morgan fingerprint density at radius 3 is 1.60 bits per heavy atom. The van der Waals surface area contributed by atoms with Gasteiger partial charge in [-0.15, -0.1) is 0 Å². The summed E-state index contributed by atoms with van der Waals surface area (Å²) in [5.41, 5.74) is 0. The predicted molar refractivity (Wildman–Crippen MR) is 126 cm³/mol. The van der Waals surface area contributed by atoms with Crippen LogP contribution in [0, 0.1) is 0 Å². The third-order valence-corrected chi connectivity index (χ3v) is 7.16. The molecule has 2 rings (SSSR count). The van der Waals surface area contributed by atoms with Gasteiger partial charge in [0.2, 0.25) is 0 Å². The van der Waals surface area contributed by atoms with E-state index in [1.165, 1.54) is 23.5 Å². The monoisotopic (exact) mass is 448 g/mol. The third kappa shape index (κ3) is 10.2. The summed E-state index contributed by atoms with van der Waals surface area (Å²) in [6, 6.07) is 19.6. The standard InChI is InChI=1S/C18H20O2S2.C6H12O2/c1-2-3-14-18(17(19)20,21-15-10-6-4-7-11-15)22-16-12-8-5-9-13-16;1-2-3-4-5-6(7)8/h4-13H,2-3,14H2,1H3,(H,19,20);2-5H2,1H3,(H,7,8). The zero-order valence-corrected chi connectivity index (χ0v) is 19.4. The highest BCUT2D eigenvalue weighted by atomic mass is 32.2. The van der Waals surface area contributed by atoms with Crippen LogP contribution in [0.3, 0.4) is 0 Å². The van der Waals surface area contributed by atoms with Crippen LogP contribution in [0.25, 0.3) is 0 Å². The highest BCUT2D eigenvalue weighted by Gasteiger charge is 2.40. The molecule has 4 nitrogen and oxygen atoms in total. The van der Waals surface area contributed by atoms with Gasteiger partial charge < -0.3 is 10.2 Å². The van der Waals surface area contributed by atoms with Crippen LogP contribution in [0.5, 0.6) is 0 Å². The van der Waals surface area contributed by atoms with E-state index in [0.717, 1.165) is 41.9 Å². The number of hydrogen-bond acceptors (Lipinski definition) is 4. The molecular weight excluding hydrogens is 416 g/mol. The first-order chi connectivity index (χ1) is 14.4. The number of hydrogen-bond donors (Lipinski definition) is 2. The number of aliphatic carboxylic acids is 2. The molecule has 0 aliphatic heterocycles. The summed E-state index contributed by atoms with van der Waals surface area (Å²) < 4.78 is -0.890. The maximum Gasteiger partial charge on any atom is 0.330 e. The number of benzene rings is 2. The first kappa shape index (κ1) is 26.1. The molecule has 0 amide bonds. The summed E-state index contributed by atoms with van der Waals surface area (Å²) in [5.74, 6) is -1.44. The van der Waals surface area contributed by atoms with Gasteiger partial charge >= 0.3 is 11.9 Å². The van der Waals surface area contributed by atoms with Crippen molar-refractivity contribution in [3.8, 4) is 0 Å². The molecule has 6 heteroatoms. The summed E-state index contributed by atoms with van der Waals surface area (Å²) in [6.07, 6.45) is 5.79. The van der Waals surface area contributed by atoms with Crippen molar-refractivity contribution in [1.29, 1.82) is 0 Å². The average Bonchev–Trinajstić information content (AvgIpc) is 2.74. The minimum Gasteiger partial charge on any atom is -0.481 e. The normalized spacial score (nSPS) is 10.7. The number of carboxylic acids is 2. The van der Waals surface area contributed by atoms with Gasteiger partial charge in [-0.1, -0.05) is 99.5 Å². The van der Waals surface area contributed by atoms with E-state index < -0.39 is 16.0 Å². The Morgan fingerprint density at radius 2 is 1.23 bits per heavy atom. The quantitative estimate of drug-likeness (QED) is 0.203. The average molecular weight is 449 g/mol. The molecule has 0 radical (unpaired) electrons. The van der Waals surface area contributed by atoms with E-state index in [0.29, 0.717) is 12.8 Å². The van der Waals surface area contributed by atoms with Crippen molar-refractivity contribution in [2.24, 2.45) is 0 Å². The molecule has 164 valence electrons. The molecule has 0 aromatic heterocycles. The zero-order valence-electron chi connectivity index (χ0n) is 17.8. The second-order valence-corrected chi connectivity index (χ2v) is 9.85. The molecule has 0 heterocycles. The van der Waals surface area contributed by atoms with Gasteiger partial charge in [0.15, 0.2) is 4.08 Å². The van der Waals surface area contributed by atoms with Crippen molar-refractivity contribution >= 4 is 35.5 Å². The van der Waals surface area contributed by atoms with E-state index in [-0.39, 0.29) is 0 Å². The molecule has 0 saturated heterocycles. The van der Waals surface area contributed by atoms with Gasteiger partial charge in [0, 0.05) is 16.2 Å². The molecule has 0 saturated carbocycles. The van der Waals surface area contributed by atoms with Crippen LogP contribution in [-0.2, 0) is 9.59 Å². The van der Waals surface area contributed by atoms with E-state index in [1.807, 2.05) is 60.7 Å². The van der Waals surface area contributed by atoms with Gasteiger partial charge in [-0.25, -0.2) is 4.79 Å². The lowest BCUT2D eigenvalue weighted by Gasteiger charge is -2.28. The first-order valence-corrected chi connectivity index (χ1v) is 12.0. The molecule has 0 aliphatic rings. The van der Waals surface area contributed by atoms with Crippen molar-refractivity contribution in [3.05, 3.63) is 60.7 Å². The lowest BCUT2D eigenvalue weighted by molar-refractivity contribution is -0.138. The SMILES string of the molecule is CCCCC(Sc1ccccc1)(Sc1ccccc1)C(=O)O.CCCCCC(=O)O. The van der Waals surface area contributed by atoms with Gasteiger partial charge in [-0.3, -0.25) is 4.79 Å². The number of carbonyl (C=O) groups is 2. The molecule has 30 heavy (non-hydrogen) atoms. The molecule has 0 unspecified atom stereocenters. The Kier molecular flexibility index (Phi) is 13.0. The summed E-state index contributed by atoms with van der Waals surface area (Å²) in [7, 11) is 0. The smallest absolute Gasteiger partial charge is 0.330 e. The van der Waals surface area contributed by atoms with Crippen LogP contribution in [0.4, 0.5) is 0 Å². The molecule has 2 N–H and O–H groups in total. The fraction of sp³-hybridized carbons (Fsp3) is 0.417. The number of rotatable bonds is 12. The minimum atomic E-state index is -0.890. The van der Waals surface area contributed by atoms with Crippen LogP contribution in [0.2, 0.25) is 0 Å². The van der Waals surface area contributed by atoms with Crippen molar-refractivity contribution < 1.29 is 19.8 Å². The van der Waals surface area contributed by atoms with Gasteiger partial charge in [0.1, 0.15) is 0 Å². The van der Waals surface area contributed by atoms with Crippen LogP contribution in [-0.4, -0.2) is 26.2 Å². The summed E-state index contributed by atoms with van der Waals surface area (Å²) in [4.78, 5) is 23.9. The Balaban J connectivity index is 0.000000479. The van der Waals surface area contributed by atoms with E-state index in [1.54, 1.807) is 0 Å². The van der Waals surface area contributed by atoms with Crippen molar-refractivity contribution in [2.45, 2.75) is 72.7 Å². The first-order valence-electron chi connectivity index (χ1n) is 10.4. The number of carboxylic acid groups (broad SMARTS) is 2. The number of unbranched alkanes of at least 4 members (excludes halogenated alkanes) is 3. The van der Waals surface area contributed by atoms with Crippen LogP contribution >= 0.6 is 23.5 Å². The fourth-order valence-corrected chi connectivity index (χ4v) is 5.37. The Morgan fingerprint density at radius 1 is 0.767 bits per heavy atom. The summed E-state index contributed by atoms with van der Waals surface area (Å²) >= 11 is 2.88. The van der Waals surface area contributed by atoms with Gasteiger partial charge in [-0.05, 0) is 37.1 Å². The van der Waals surface area contributed by atoms with E-state index in [9.17, 15) is 14.7 Å². The summed E-state index contributed by atoms with van der Waals surface area (Å²) in [5, 5.41) is 18.1. The van der Waals surface area contributed by atoms with Crippen molar-refractivity contribution in [2.75, 3.05) is 0 Å². The lowest BCUT2D eigenvalue weighted by Crippen LogP contribution is -2.31.